The highest BCUT2D eigenvalue weighted by atomic mass is 19.1. The number of nitrogens with zero attached hydrogens (tertiary/aromatic N) is 5. The van der Waals surface area contributed by atoms with E-state index in [2.05, 4.69) is 135 Å². The van der Waals surface area contributed by atoms with E-state index in [-0.39, 0.29) is 22.8 Å². The predicted molar refractivity (Wildman–Crippen MR) is 255 cm³/mol. The average molecular weight is 868 g/mol. The molecule has 10 rings (SSSR count). The summed E-state index contributed by atoms with van der Waals surface area (Å²) in [4.78, 5) is 9.37. The van der Waals surface area contributed by atoms with Gasteiger partial charge in [0, 0.05) is 64.2 Å². The molecular weight excluding hydrogens is 820 g/mol. The van der Waals surface area contributed by atoms with Crippen LogP contribution in [0.3, 0.4) is 0 Å². The van der Waals surface area contributed by atoms with Crippen LogP contribution in [0.25, 0.3) is 50.1 Å². The summed E-state index contributed by atoms with van der Waals surface area (Å²) in [6.45, 7) is 15.3. The molecular formula is C55H48F3N5O2. The molecule has 1 aliphatic heterocycles. The molecule has 4 heterocycles. The highest BCUT2D eigenvalue weighted by Crippen LogP contribution is 2.50. The van der Waals surface area contributed by atoms with E-state index >= 15 is 8.78 Å². The van der Waals surface area contributed by atoms with E-state index in [9.17, 15) is 4.39 Å². The third kappa shape index (κ3) is 7.46. The molecule has 3 aromatic heterocycles. The molecule has 0 amide bonds. The molecule has 6 aromatic carbocycles. The number of ether oxygens (including phenoxy) is 1. The quantitative estimate of drug-likeness (QED) is 0.144. The van der Waals surface area contributed by atoms with Crippen LogP contribution < -0.4 is 14.5 Å². The van der Waals surface area contributed by atoms with Crippen molar-refractivity contribution in [1.82, 2.24) is 14.7 Å². The number of aromatic nitrogens is 3. The molecule has 0 saturated carbocycles. The van der Waals surface area contributed by atoms with Crippen LogP contribution in [-0.4, -0.2) is 21.4 Å². The van der Waals surface area contributed by atoms with Gasteiger partial charge in [-0.05, 0) is 106 Å². The van der Waals surface area contributed by atoms with Crippen LogP contribution in [0.5, 0.6) is 11.5 Å². The van der Waals surface area contributed by atoms with E-state index < -0.39 is 17.5 Å². The molecule has 0 bridgehead atoms. The van der Waals surface area contributed by atoms with E-state index in [1.165, 1.54) is 5.56 Å². The number of anilines is 4. The van der Waals surface area contributed by atoms with Crippen LogP contribution in [0.1, 0.15) is 77.0 Å². The summed E-state index contributed by atoms with van der Waals surface area (Å²) < 4.78 is 59.5. The number of pyridine rings is 1. The monoisotopic (exact) mass is 867 g/mol. The van der Waals surface area contributed by atoms with Gasteiger partial charge in [0.15, 0.2) is 5.76 Å². The van der Waals surface area contributed by atoms with Gasteiger partial charge in [-0.3, -0.25) is 4.57 Å². The van der Waals surface area contributed by atoms with Crippen LogP contribution >= 0.6 is 0 Å². The molecule has 0 unspecified atom stereocenters. The van der Waals surface area contributed by atoms with Crippen molar-refractivity contribution in [3.05, 3.63) is 174 Å². The van der Waals surface area contributed by atoms with E-state index in [4.69, 9.17) is 14.2 Å². The minimum absolute atomic E-state index is 0.0285. The standard InChI is InChI=1S/C55H48F3N5O2/c1-32(2)43-24-35(53-45(57)27-37(56)28-46(53)58)25-44(33(3)4)54(43)62-31-61(48-14-10-11-15-49(48)62)38-22-34(51-19-21-60-65-51)23-40(29-38)64-39-16-17-42-41-12-8-9-13-47(41)63(50(42)30-39)52-26-36(18-20-59-52)55(5,6)7/h8-30,32-33H,31H2,1-7H3. The molecule has 10 heteroatoms. The number of rotatable bonds is 9. The molecule has 0 saturated heterocycles. The largest absolute Gasteiger partial charge is 0.457 e. The molecule has 9 aromatic rings. The molecule has 0 spiro atoms. The fraction of sp³-hybridized carbons (Fsp3) is 0.200. The normalized spacial score (nSPS) is 12.9. The number of halogens is 3. The Bertz CT molecular complexity index is 3220. The molecule has 0 N–H and O–H groups in total. The van der Waals surface area contributed by atoms with Gasteiger partial charge in [-0.1, -0.05) is 84.0 Å². The summed E-state index contributed by atoms with van der Waals surface area (Å²) in [6, 6.07) is 40.1. The third-order valence-electron chi connectivity index (χ3n) is 12.4. The third-order valence-corrected chi connectivity index (χ3v) is 12.4. The maximum atomic E-state index is 15.3. The Morgan fingerprint density at radius 1 is 0.631 bits per heavy atom. The number of hydrogen-bond acceptors (Lipinski definition) is 6. The van der Waals surface area contributed by atoms with Crippen LogP contribution in [0.2, 0.25) is 0 Å². The van der Waals surface area contributed by atoms with Gasteiger partial charge in [0.2, 0.25) is 0 Å². The minimum atomic E-state index is -0.955. The Labute approximate surface area is 376 Å². The lowest BCUT2D eigenvalue weighted by Gasteiger charge is -2.30. The Hall–Kier alpha value is -7.33. The lowest BCUT2D eigenvalue weighted by atomic mass is 9.87. The van der Waals surface area contributed by atoms with Gasteiger partial charge in [0.25, 0.3) is 0 Å². The van der Waals surface area contributed by atoms with Crippen molar-refractivity contribution in [3.8, 4) is 39.8 Å². The van der Waals surface area contributed by atoms with E-state index in [1.54, 1.807) is 6.20 Å². The molecule has 0 fully saturated rings. The lowest BCUT2D eigenvalue weighted by molar-refractivity contribution is 0.431. The maximum absolute atomic E-state index is 15.3. The van der Waals surface area contributed by atoms with E-state index in [1.807, 2.05) is 54.7 Å². The number of fused-ring (bicyclic) bond motifs is 4. The Balaban J connectivity index is 1.08. The highest BCUT2D eigenvalue weighted by Gasteiger charge is 2.33. The Morgan fingerprint density at radius 3 is 1.98 bits per heavy atom. The Morgan fingerprint density at radius 2 is 1.31 bits per heavy atom. The van der Waals surface area contributed by atoms with Crippen LogP contribution in [0, 0.1) is 17.5 Å². The Kier molecular flexibility index (Phi) is 10.3. The molecule has 0 atom stereocenters. The van der Waals surface area contributed by atoms with E-state index in [0.717, 1.165) is 79.2 Å². The first-order valence-electron chi connectivity index (χ1n) is 21.9. The topological polar surface area (TPSA) is 59.6 Å². The van der Waals surface area contributed by atoms with Gasteiger partial charge in [0.05, 0.1) is 34.2 Å². The summed E-state index contributed by atoms with van der Waals surface area (Å²) in [5.74, 6) is -0.228. The first-order valence-corrected chi connectivity index (χ1v) is 21.9. The number of para-hydroxylation sites is 3. The van der Waals surface area contributed by atoms with Crippen molar-refractivity contribution < 1.29 is 22.4 Å². The van der Waals surface area contributed by atoms with Gasteiger partial charge >= 0.3 is 0 Å². The second-order valence-corrected chi connectivity index (χ2v) is 18.4. The summed E-state index contributed by atoms with van der Waals surface area (Å²) in [7, 11) is 0. The van der Waals surface area contributed by atoms with Crippen LogP contribution in [0.4, 0.5) is 35.9 Å². The fourth-order valence-corrected chi connectivity index (χ4v) is 9.17. The zero-order chi connectivity index (χ0) is 45.3. The smallest absolute Gasteiger partial charge is 0.167 e. The molecule has 0 aliphatic carbocycles. The van der Waals surface area contributed by atoms with Gasteiger partial charge in [-0.15, -0.1) is 0 Å². The zero-order valence-corrected chi connectivity index (χ0v) is 37.3. The molecule has 7 nitrogen and oxygen atoms in total. The summed E-state index contributed by atoms with van der Waals surface area (Å²) in [5, 5.41) is 6.23. The zero-order valence-electron chi connectivity index (χ0n) is 37.3. The summed E-state index contributed by atoms with van der Waals surface area (Å²) in [5.41, 5.74) is 9.64. The fourth-order valence-electron chi connectivity index (χ4n) is 9.17. The van der Waals surface area contributed by atoms with Crippen molar-refractivity contribution in [1.29, 1.82) is 0 Å². The SMILES string of the molecule is CC(C)c1cc(-c2c(F)cc(F)cc2F)cc(C(C)C)c1N1CN(c2cc(Oc3ccc4c5ccccc5n(-c5cc(C(C)(C)C)ccn5)c4c3)cc(-c3ccno3)c2)c2ccccc21. The van der Waals surface area contributed by atoms with Gasteiger partial charge in [0.1, 0.15) is 41.4 Å². The number of benzene rings is 6. The number of hydrogen-bond donors (Lipinski definition) is 0. The van der Waals surface area contributed by atoms with Gasteiger partial charge in [-0.25, -0.2) is 18.2 Å². The summed E-state index contributed by atoms with van der Waals surface area (Å²) >= 11 is 0. The van der Waals surface area contributed by atoms with Crippen molar-refractivity contribution in [2.75, 3.05) is 16.5 Å². The van der Waals surface area contributed by atoms with E-state index in [0.29, 0.717) is 29.5 Å². The van der Waals surface area contributed by atoms with Crippen LogP contribution in [0.15, 0.2) is 144 Å². The second kappa shape index (κ2) is 16.0. The highest BCUT2D eigenvalue weighted by molar-refractivity contribution is 6.09. The van der Waals surface area contributed by atoms with Crippen LogP contribution in [-0.2, 0) is 5.41 Å². The lowest BCUT2D eigenvalue weighted by Crippen LogP contribution is -2.26. The van der Waals surface area contributed by atoms with Crippen molar-refractivity contribution in [2.45, 2.75) is 65.7 Å². The van der Waals surface area contributed by atoms with Crippen molar-refractivity contribution in [3.63, 3.8) is 0 Å². The first-order chi connectivity index (χ1) is 31.2. The molecule has 1 aliphatic rings. The van der Waals surface area contributed by atoms with Crippen molar-refractivity contribution >= 4 is 44.6 Å². The average Bonchev–Trinajstić information content (AvgIpc) is 4.03. The predicted octanol–water partition coefficient (Wildman–Crippen LogP) is 15.5. The molecule has 65 heavy (non-hydrogen) atoms. The van der Waals surface area contributed by atoms with Gasteiger partial charge < -0.3 is 19.1 Å². The maximum Gasteiger partial charge on any atom is 0.167 e. The molecule has 0 radical (unpaired) electrons. The minimum Gasteiger partial charge on any atom is -0.457 e. The molecule has 326 valence electrons. The van der Waals surface area contributed by atoms with Crippen molar-refractivity contribution in [2.24, 2.45) is 0 Å². The second-order valence-electron chi connectivity index (χ2n) is 18.4. The summed E-state index contributed by atoms with van der Waals surface area (Å²) in [6.07, 6.45) is 3.50. The first kappa shape index (κ1) is 41.7. The van der Waals surface area contributed by atoms with Gasteiger partial charge in [-0.2, -0.15) is 0 Å².